The van der Waals surface area contributed by atoms with Crippen molar-refractivity contribution in [3.8, 4) is 0 Å². The maximum Gasteiger partial charge on any atom is 0.224 e. The molecule has 0 saturated carbocycles. The molecule has 2 saturated heterocycles. The van der Waals surface area contributed by atoms with Crippen LogP contribution < -0.4 is 10.2 Å². The van der Waals surface area contributed by atoms with Crippen molar-refractivity contribution in [1.29, 1.82) is 0 Å². The summed E-state index contributed by atoms with van der Waals surface area (Å²) in [7, 11) is 0. The summed E-state index contributed by atoms with van der Waals surface area (Å²) < 4.78 is 5.34. The largest absolute Gasteiger partial charge is 0.381 e. The van der Waals surface area contributed by atoms with Crippen molar-refractivity contribution in [2.45, 2.75) is 19.3 Å². The quantitative estimate of drug-likeness (QED) is 0.890. The van der Waals surface area contributed by atoms with Gasteiger partial charge < -0.3 is 15.0 Å². The first-order valence-corrected chi connectivity index (χ1v) is 7.69. The Bertz CT molecular complexity index is 462. The Morgan fingerprint density at radius 3 is 3.14 bits per heavy atom. The number of carbonyl (C=O) groups excluding carboxylic acids is 1. The van der Waals surface area contributed by atoms with Crippen LogP contribution in [0.15, 0.2) is 18.6 Å². The van der Waals surface area contributed by atoms with Gasteiger partial charge in [-0.15, -0.1) is 0 Å². The molecular weight excluding hydrogens is 268 g/mol. The molecule has 3 rings (SSSR count). The lowest BCUT2D eigenvalue weighted by molar-refractivity contribution is -0.125. The van der Waals surface area contributed by atoms with Gasteiger partial charge in [0, 0.05) is 44.6 Å². The summed E-state index contributed by atoms with van der Waals surface area (Å²) >= 11 is 0. The first kappa shape index (κ1) is 14.3. The van der Waals surface area contributed by atoms with E-state index in [1.54, 1.807) is 18.6 Å². The van der Waals surface area contributed by atoms with Crippen molar-refractivity contribution in [3.05, 3.63) is 18.6 Å². The van der Waals surface area contributed by atoms with E-state index >= 15 is 0 Å². The average Bonchev–Trinajstić information content (AvgIpc) is 3.07. The fraction of sp³-hybridized carbons (Fsp3) is 0.667. The molecule has 0 bridgehead atoms. The highest BCUT2D eigenvalue weighted by Crippen LogP contribution is 2.21. The van der Waals surface area contributed by atoms with E-state index in [9.17, 15) is 4.79 Å². The van der Waals surface area contributed by atoms with E-state index < -0.39 is 0 Å². The van der Waals surface area contributed by atoms with E-state index in [-0.39, 0.29) is 11.8 Å². The first-order chi connectivity index (χ1) is 10.3. The molecule has 6 heteroatoms. The fourth-order valence-corrected chi connectivity index (χ4v) is 2.99. The van der Waals surface area contributed by atoms with Crippen molar-refractivity contribution in [1.82, 2.24) is 15.3 Å². The van der Waals surface area contributed by atoms with Gasteiger partial charge in [0.15, 0.2) is 0 Å². The summed E-state index contributed by atoms with van der Waals surface area (Å²) in [5.74, 6) is 1.55. The minimum absolute atomic E-state index is 0.0445. The molecule has 114 valence electrons. The van der Waals surface area contributed by atoms with Crippen LogP contribution in [0.4, 0.5) is 5.82 Å². The first-order valence-electron chi connectivity index (χ1n) is 7.69. The Hall–Kier alpha value is -1.69. The normalized spacial score (nSPS) is 25.8. The predicted octanol–water partition coefficient (Wildman–Crippen LogP) is 0.846. The Morgan fingerprint density at radius 2 is 2.38 bits per heavy atom. The topological polar surface area (TPSA) is 67.3 Å². The van der Waals surface area contributed by atoms with Crippen molar-refractivity contribution in [2.75, 3.05) is 37.7 Å². The number of hydrogen-bond acceptors (Lipinski definition) is 5. The fourth-order valence-electron chi connectivity index (χ4n) is 2.99. The summed E-state index contributed by atoms with van der Waals surface area (Å²) in [5, 5.41) is 3.08. The smallest absolute Gasteiger partial charge is 0.224 e. The Kier molecular flexibility index (Phi) is 4.65. The number of aromatic nitrogens is 2. The zero-order chi connectivity index (χ0) is 14.5. The van der Waals surface area contributed by atoms with Crippen LogP contribution in [0.3, 0.4) is 0 Å². The molecule has 1 aromatic rings. The Morgan fingerprint density at radius 1 is 1.43 bits per heavy atom. The van der Waals surface area contributed by atoms with Crippen molar-refractivity contribution in [3.63, 3.8) is 0 Å². The van der Waals surface area contributed by atoms with Crippen LogP contribution in [0, 0.1) is 11.8 Å². The van der Waals surface area contributed by atoms with Crippen molar-refractivity contribution in [2.24, 2.45) is 11.8 Å². The Balaban J connectivity index is 1.51. The molecule has 21 heavy (non-hydrogen) atoms. The molecule has 1 aromatic heterocycles. The molecule has 2 fully saturated rings. The lowest BCUT2D eigenvalue weighted by Crippen LogP contribution is -2.44. The molecule has 1 N–H and O–H groups in total. The van der Waals surface area contributed by atoms with Gasteiger partial charge in [-0.1, -0.05) is 0 Å². The zero-order valence-corrected chi connectivity index (χ0v) is 12.2. The summed E-state index contributed by atoms with van der Waals surface area (Å²) in [4.78, 5) is 22.9. The predicted molar refractivity (Wildman–Crippen MR) is 78.9 cm³/mol. The van der Waals surface area contributed by atoms with Crippen LogP contribution in [0.1, 0.15) is 19.3 Å². The van der Waals surface area contributed by atoms with Gasteiger partial charge in [-0.05, 0) is 19.3 Å². The van der Waals surface area contributed by atoms with E-state index in [2.05, 4.69) is 20.2 Å². The van der Waals surface area contributed by atoms with Gasteiger partial charge >= 0.3 is 0 Å². The number of carbonyl (C=O) groups is 1. The third-order valence-corrected chi connectivity index (χ3v) is 4.25. The maximum absolute atomic E-state index is 12.3. The van der Waals surface area contributed by atoms with Crippen LogP contribution >= 0.6 is 0 Å². The van der Waals surface area contributed by atoms with Crippen molar-refractivity contribution >= 4 is 11.7 Å². The van der Waals surface area contributed by atoms with E-state index in [1.807, 2.05) is 0 Å². The second-order valence-corrected chi connectivity index (χ2v) is 5.82. The average molecular weight is 290 g/mol. The lowest BCUT2D eigenvalue weighted by Gasteiger charge is -2.32. The molecule has 0 spiro atoms. The number of anilines is 1. The highest BCUT2D eigenvalue weighted by molar-refractivity contribution is 5.79. The molecule has 2 aliphatic heterocycles. The number of nitrogens with one attached hydrogen (secondary N) is 1. The molecule has 2 atom stereocenters. The Labute approximate surface area is 124 Å². The number of nitrogens with zero attached hydrogens (tertiary/aromatic N) is 3. The second kappa shape index (κ2) is 6.85. The minimum Gasteiger partial charge on any atom is -0.381 e. The summed E-state index contributed by atoms with van der Waals surface area (Å²) in [6, 6.07) is 0. The van der Waals surface area contributed by atoms with Gasteiger partial charge in [0.2, 0.25) is 5.91 Å². The number of piperidine rings is 1. The van der Waals surface area contributed by atoms with Crippen LogP contribution in [-0.4, -0.2) is 48.7 Å². The molecule has 6 nitrogen and oxygen atoms in total. The highest BCUT2D eigenvalue weighted by Gasteiger charge is 2.27. The molecule has 0 unspecified atom stereocenters. The number of hydrogen-bond donors (Lipinski definition) is 1. The van der Waals surface area contributed by atoms with E-state index in [4.69, 9.17) is 4.74 Å². The van der Waals surface area contributed by atoms with Crippen LogP contribution in [0.25, 0.3) is 0 Å². The second-order valence-electron chi connectivity index (χ2n) is 5.82. The minimum atomic E-state index is 0.0445. The number of amides is 1. The summed E-state index contributed by atoms with van der Waals surface area (Å²) in [6.07, 6.45) is 8.14. The molecule has 0 aliphatic carbocycles. The van der Waals surface area contributed by atoms with E-state index in [0.29, 0.717) is 5.92 Å². The molecular formula is C15H22N4O2. The van der Waals surface area contributed by atoms with Gasteiger partial charge in [0.05, 0.1) is 18.7 Å². The van der Waals surface area contributed by atoms with Gasteiger partial charge in [0.25, 0.3) is 0 Å². The van der Waals surface area contributed by atoms with Gasteiger partial charge in [-0.2, -0.15) is 0 Å². The van der Waals surface area contributed by atoms with Gasteiger partial charge in [-0.25, -0.2) is 4.98 Å². The molecule has 3 heterocycles. The molecule has 1 amide bonds. The van der Waals surface area contributed by atoms with Crippen LogP contribution in [-0.2, 0) is 9.53 Å². The standard InChI is InChI=1S/C15H22N4O2/c20-15(18-8-12-3-7-21-11-12)13-2-1-6-19(10-13)14-9-16-4-5-17-14/h4-5,9,12-13H,1-3,6-8,10-11H2,(H,18,20)/t12-,13-/m0/s1. The van der Waals surface area contributed by atoms with E-state index in [1.165, 1.54) is 0 Å². The summed E-state index contributed by atoms with van der Waals surface area (Å²) in [6.45, 7) is 4.01. The summed E-state index contributed by atoms with van der Waals surface area (Å²) in [5.41, 5.74) is 0. The molecule has 2 aliphatic rings. The molecule has 0 radical (unpaired) electrons. The lowest BCUT2D eigenvalue weighted by atomic mass is 9.97. The monoisotopic (exact) mass is 290 g/mol. The van der Waals surface area contributed by atoms with Crippen LogP contribution in [0.2, 0.25) is 0 Å². The molecule has 0 aromatic carbocycles. The van der Waals surface area contributed by atoms with E-state index in [0.717, 1.165) is 57.9 Å². The van der Waals surface area contributed by atoms with Crippen molar-refractivity contribution < 1.29 is 9.53 Å². The number of rotatable bonds is 4. The number of ether oxygens (including phenoxy) is 1. The highest BCUT2D eigenvalue weighted by atomic mass is 16.5. The SMILES string of the molecule is O=C(NC[C@@H]1CCOC1)[C@H]1CCCN(c2cnccn2)C1. The zero-order valence-electron chi connectivity index (χ0n) is 12.2. The van der Waals surface area contributed by atoms with Crippen LogP contribution in [0.5, 0.6) is 0 Å². The third kappa shape index (κ3) is 3.69. The van der Waals surface area contributed by atoms with Gasteiger partial charge in [-0.3, -0.25) is 9.78 Å². The van der Waals surface area contributed by atoms with Gasteiger partial charge in [0.1, 0.15) is 5.82 Å². The third-order valence-electron chi connectivity index (χ3n) is 4.25. The maximum atomic E-state index is 12.3.